The number of amides is 1. The average Bonchev–Trinajstić information content (AvgIpc) is 2.87. The molecule has 0 saturated heterocycles. The van der Waals surface area contributed by atoms with Crippen LogP contribution in [0, 0.1) is 0 Å². The summed E-state index contributed by atoms with van der Waals surface area (Å²) in [5.41, 5.74) is 0.780. The molecule has 1 N–H and O–H groups in total. The fraction of sp³-hybridized carbons (Fsp3) is 0.143. The number of hydrogen-bond donors (Lipinski definition) is 1. The van der Waals surface area contributed by atoms with E-state index in [0.717, 1.165) is 0 Å². The van der Waals surface area contributed by atoms with Crippen molar-refractivity contribution in [2.24, 2.45) is 0 Å². The molecule has 0 spiro atoms. The van der Waals surface area contributed by atoms with Gasteiger partial charge in [0.05, 0.1) is 17.7 Å². The van der Waals surface area contributed by atoms with E-state index in [-0.39, 0.29) is 12.5 Å². The second-order valence-electron chi connectivity index (χ2n) is 3.96. The Morgan fingerprint density at radius 1 is 1.33 bits per heavy atom. The molecule has 1 aromatic heterocycles. The summed E-state index contributed by atoms with van der Waals surface area (Å²) in [6.07, 6.45) is 0. The van der Waals surface area contributed by atoms with Gasteiger partial charge in [-0.2, -0.15) is 0 Å². The second-order valence-corrected chi connectivity index (χ2v) is 6.17. The number of rotatable bonds is 4. The molecule has 0 fully saturated rings. The molecule has 0 radical (unpaired) electrons. The number of carbonyl (C=O) groups excluding carboxylic acids is 2. The van der Waals surface area contributed by atoms with Gasteiger partial charge in [0.1, 0.15) is 5.00 Å². The number of halogens is 2. The third-order valence-corrected chi connectivity index (χ3v) is 4.28. The molecule has 0 bridgehead atoms. The van der Waals surface area contributed by atoms with Crippen molar-refractivity contribution >= 4 is 55.7 Å². The zero-order chi connectivity index (χ0) is 15.4. The van der Waals surface area contributed by atoms with Gasteiger partial charge in [-0.15, -0.1) is 11.3 Å². The van der Waals surface area contributed by atoms with Crippen molar-refractivity contribution in [3.8, 4) is 0 Å². The molecule has 2 rings (SSSR count). The Labute approximate surface area is 139 Å². The molecular weight excluding hydrogens is 378 g/mol. The normalized spacial score (nSPS) is 10.2. The standard InChI is InChI=1S/C14H11BrClNO3S/c1-2-20-14(19)10-5-6-21-13(10)17-12(18)9-4-3-8(16)7-11(9)15/h3-7H,2H2,1H3,(H,17,18). The van der Waals surface area contributed by atoms with Crippen LogP contribution in [0.2, 0.25) is 5.02 Å². The van der Waals surface area contributed by atoms with E-state index in [2.05, 4.69) is 21.2 Å². The summed E-state index contributed by atoms with van der Waals surface area (Å²) in [6.45, 7) is 2.01. The first-order valence-corrected chi connectivity index (χ1v) is 8.09. The summed E-state index contributed by atoms with van der Waals surface area (Å²) in [6, 6.07) is 6.49. The fourth-order valence-corrected chi connectivity index (χ4v) is 3.25. The number of benzene rings is 1. The Balaban J connectivity index is 2.20. The Hall–Kier alpha value is -1.37. The molecule has 0 aliphatic heterocycles. The van der Waals surface area contributed by atoms with Crippen molar-refractivity contribution < 1.29 is 14.3 Å². The third-order valence-electron chi connectivity index (χ3n) is 2.56. The van der Waals surface area contributed by atoms with Crippen LogP contribution in [0.5, 0.6) is 0 Å². The van der Waals surface area contributed by atoms with E-state index in [1.165, 1.54) is 11.3 Å². The van der Waals surface area contributed by atoms with E-state index in [1.54, 1.807) is 36.6 Å². The first kappa shape index (κ1) is 16.0. The maximum atomic E-state index is 12.2. The minimum atomic E-state index is -0.454. The molecule has 110 valence electrons. The Bertz CT molecular complexity index is 687. The van der Waals surface area contributed by atoms with Gasteiger partial charge in [-0.05, 0) is 52.5 Å². The van der Waals surface area contributed by atoms with E-state index in [4.69, 9.17) is 16.3 Å². The Morgan fingerprint density at radius 2 is 2.10 bits per heavy atom. The lowest BCUT2D eigenvalue weighted by Crippen LogP contribution is -2.14. The van der Waals surface area contributed by atoms with E-state index >= 15 is 0 Å². The van der Waals surface area contributed by atoms with Crippen LogP contribution < -0.4 is 5.32 Å². The van der Waals surface area contributed by atoms with Crippen molar-refractivity contribution in [1.82, 2.24) is 0 Å². The highest BCUT2D eigenvalue weighted by Gasteiger charge is 2.18. The molecule has 0 saturated carbocycles. The summed E-state index contributed by atoms with van der Waals surface area (Å²) >= 11 is 10.4. The number of anilines is 1. The number of carbonyl (C=O) groups is 2. The topological polar surface area (TPSA) is 55.4 Å². The minimum absolute atomic E-state index is 0.283. The van der Waals surface area contributed by atoms with Crippen LogP contribution in [0.4, 0.5) is 5.00 Å². The second kappa shape index (κ2) is 7.06. The summed E-state index contributed by atoms with van der Waals surface area (Å²) in [5.74, 6) is -0.782. The zero-order valence-electron chi connectivity index (χ0n) is 11.0. The lowest BCUT2D eigenvalue weighted by molar-refractivity contribution is 0.0528. The van der Waals surface area contributed by atoms with Crippen LogP contribution in [0.3, 0.4) is 0 Å². The molecule has 0 unspecified atom stereocenters. The summed E-state index contributed by atoms with van der Waals surface area (Å²) in [7, 11) is 0. The Kier molecular flexibility index (Phi) is 5.39. The molecule has 1 amide bonds. The molecule has 7 heteroatoms. The predicted molar refractivity (Wildman–Crippen MR) is 87.4 cm³/mol. The van der Waals surface area contributed by atoms with Crippen LogP contribution in [0.15, 0.2) is 34.1 Å². The van der Waals surface area contributed by atoms with Gasteiger partial charge in [-0.25, -0.2) is 4.79 Å². The van der Waals surface area contributed by atoms with Crippen molar-refractivity contribution in [3.63, 3.8) is 0 Å². The van der Waals surface area contributed by atoms with Crippen LogP contribution in [-0.4, -0.2) is 18.5 Å². The zero-order valence-corrected chi connectivity index (χ0v) is 14.1. The minimum Gasteiger partial charge on any atom is -0.462 e. The monoisotopic (exact) mass is 387 g/mol. The first-order chi connectivity index (χ1) is 10.0. The molecule has 1 aromatic carbocycles. The maximum Gasteiger partial charge on any atom is 0.341 e. The predicted octanol–water partition coefficient (Wildman–Crippen LogP) is 4.59. The van der Waals surface area contributed by atoms with E-state index in [0.29, 0.717) is 25.6 Å². The van der Waals surface area contributed by atoms with Crippen LogP contribution >= 0.6 is 38.9 Å². The van der Waals surface area contributed by atoms with Crippen molar-refractivity contribution in [2.45, 2.75) is 6.92 Å². The molecule has 21 heavy (non-hydrogen) atoms. The quantitative estimate of drug-likeness (QED) is 0.779. The number of ether oxygens (including phenoxy) is 1. The summed E-state index contributed by atoms with van der Waals surface area (Å²) < 4.78 is 5.53. The molecule has 0 atom stereocenters. The van der Waals surface area contributed by atoms with E-state index in [9.17, 15) is 9.59 Å². The highest BCUT2D eigenvalue weighted by atomic mass is 79.9. The third kappa shape index (κ3) is 3.84. The van der Waals surface area contributed by atoms with Gasteiger partial charge >= 0.3 is 5.97 Å². The van der Waals surface area contributed by atoms with Crippen LogP contribution in [-0.2, 0) is 4.74 Å². The molecule has 4 nitrogen and oxygen atoms in total. The molecular formula is C14H11BrClNO3S. The fourth-order valence-electron chi connectivity index (χ4n) is 1.62. The summed E-state index contributed by atoms with van der Waals surface area (Å²) in [5, 5.41) is 5.42. The summed E-state index contributed by atoms with van der Waals surface area (Å²) in [4.78, 5) is 24.0. The molecule has 1 heterocycles. The highest BCUT2D eigenvalue weighted by molar-refractivity contribution is 9.10. The van der Waals surface area contributed by atoms with Crippen LogP contribution in [0.1, 0.15) is 27.6 Å². The van der Waals surface area contributed by atoms with Crippen molar-refractivity contribution in [3.05, 3.63) is 50.3 Å². The van der Waals surface area contributed by atoms with Crippen molar-refractivity contribution in [1.29, 1.82) is 0 Å². The largest absolute Gasteiger partial charge is 0.462 e. The van der Waals surface area contributed by atoms with E-state index < -0.39 is 5.97 Å². The highest BCUT2D eigenvalue weighted by Crippen LogP contribution is 2.27. The van der Waals surface area contributed by atoms with Crippen LogP contribution in [0.25, 0.3) is 0 Å². The smallest absolute Gasteiger partial charge is 0.341 e. The van der Waals surface area contributed by atoms with Gasteiger partial charge in [-0.3, -0.25) is 4.79 Å². The number of thiophene rings is 1. The SMILES string of the molecule is CCOC(=O)c1ccsc1NC(=O)c1ccc(Cl)cc1Br. The van der Waals surface area contributed by atoms with Gasteiger partial charge in [0, 0.05) is 9.50 Å². The van der Waals surface area contributed by atoms with E-state index in [1.807, 2.05) is 0 Å². The molecule has 0 aliphatic carbocycles. The van der Waals surface area contributed by atoms with Crippen molar-refractivity contribution in [2.75, 3.05) is 11.9 Å². The van der Waals surface area contributed by atoms with Gasteiger partial charge in [-0.1, -0.05) is 11.6 Å². The van der Waals surface area contributed by atoms with Gasteiger partial charge in [0.15, 0.2) is 0 Å². The Morgan fingerprint density at radius 3 is 2.76 bits per heavy atom. The molecule has 2 aromatic rings. The lowest BCUT2D eigenvalue weighted by Gasteiger charge is -2.07. The van der Waals surface area contributed by atoms with Gasteiger partial charge in [0.25, 0.3) is 5.91 Å². The van der Waals surface area contributed by atoms with Gasteiger partial charge < -0.3 is 10.1 Å². The number of hydrogen-bond acceptors (Lipinski definition) is 4. The van der Waals surface area contributed by atoms with Gasteiger partial charge in [0.2, 0.25) is 0 Å². The number of nitrogens with one attached hydrogen (secondary N) is 1. The molecule has 0 aliphatic rings. The average molecular weight is 389 g/mol. The lowest BCUT2D eigenvalue weighted by atomic mass is 10.2. The number of esters is 1. The maximum absolute atomic E-state index is 12.2. The first-order valence-electron chi connectivity index (χ1n) is 6.04.